The molecule has 0 saturated carbocycles. The molecule has 0 fully saturated rings. The molecule has 4 heteroatoms. The van der Waals surface area contributed by atoms with Crippen LogP contribution in [0.5, 0.6) is 0 Å². The zero-order valence-electron chi connectivity index (χ0n) is 5.16. The lowest BCUT2D eigenvalue weighted by Crippen LogP contribution is -2.17. The van der Waals surface area contributed by atoms with Crippen LogP contribution in [-0.4, -0.2) is 16.1 Å². The Hall–Kier alpha value is -0.410. The van der Waals surface area contributed by atoms with Crippen molar-refractivity contribution < 1.29 is 4.79 Å². The van der Waals surface area contributed by atoms with Crippen LogP contribution < -0.4 is 0 Å². The van der Waals surface area contributed by atoms with Crippen LogP contribution in [0, 0.1) is 0 Å². The van der Waals surface area contributed by atoms with E-state index < -0.39 is 5.37 Å². The average Bonchev–Trinajstić information content (AvgIpc) is 2.12. The van der Waals surface area contributed by atoms with Crippen LogP contribution in [0.15, 0.2) is 23.8 Å². The second-order valence-corrected chi connectivity index (χ2v) is 2.88. The Morgan fingerprint density at radius 1 is 1.60 bits per heavy atom. The summed E-state index contributed by atoms with van der Waals surface area (Å²) < 4.78 is 0. The van der Waals surface area contributed by atoms with Crippen molar-refractivity contribution in [2.75, 3.05) is 5.88 Å². The Kier molecular flexibility index (Phi) is 2.83. The lowest BCUT2D eigenvalue weighted by molar-refractivity contribution is 0.243. The molecule has 0 N–H and O–H groups in total. The number of thioether (sulfide) groups is 1. The first-order valence-corrected chi connectivity index (χ1v) is 4.14. The number of amides is 1. The molecule has 0 aromatic carbocycles. The molecule has 0 aliphatic carbocycles. The number of nitrogens with zero attached hydrogens (tertiary/aromatic N) is 1. The maximum absolute atomic E-state index is 10.6. The van der Waals surface area contributed by atoms with Crippen molar-refractivity contribution in [3.05, 3.63) is 23.8 Å². The van der Waals surface area contributed by atoms with Crippen molar-refractivity contribution in [1.82, 2.24) is 4.90 Å². The Bertz CT molecular complexity index is 190. The molecule has 1 aliphatic heterocycles. The summed E-state index contributed by atoms with van der Waals surface area (Å²) in [7, 11) is 0. The number of carbonyl (C=O) groups is 1. The molecule has 0 radical (unpaired) electrons. The molecule has 0 bridgehead atoms. The minimum Gasteiger partial charge on any atom is -0.296 e. The first-order chi connectivity index (χ1) is 4.80. The fraction of sp³-hybridized carbons (Fsp3) is 0.167. The smallest absolute Gasteiger partial charge is 0.296 e. The van der Waals surface area contributed by atoms with Gasteiger partial charge in [-0.2, -0.15) is 0 Å². The second kappa shape index (κ2) is 3.68. The summed E-state index contributed by atoms with van der Waals surface area (Å²) in [6.45, 7) is 0. The number of hydrogen-bond acceptors (Lipinski definition) is 2. The van der Waals surface area contributed by atoms with E-state index in [1.54, 1.807) is 12.3 Å². The van der Waals surface area contributed by atoms with Crippen LogP contribution in [0.2, 0.25) is 0 Å². The summed E-state index contributed by atoms with van der Waals surface area (Å²) >= 11 is 6.75. The van der Waals surface area contributed by atoms with Crippen LogP contribution in [-0.2, 0) is 0 Å². The quantitative estimate of drug-likeness (QED) is 0.416. The molecule has 1 aliphatic rings. The lowest BCUT2D eigenvalue weighted by Gasteiger charge is -2.10. The van der Waals surface area contributed by atoms with Crippen LogP contribution >= 0.6 is 23.4 Å². The maximum Gasteiger partial charge on any atom is 0.321 e. The summed E-state index contributed by atoms with van der Waals surface area (Å²) in [5.41, 5.74) is 0. The van der Waals surface area contributed by atoms with Crippen molar-refractivity contribution in [3.63, 3.8) is 0 Å². The number of halogens is 1. The largest absolute Gasteiger partial charge is 0.321 e. The molecule has 0 atom stereocenters. The van der Waals surface area contributed by atoms with Gasteiger partial charge < -0.3 is 0 Å². The van der Waals surface area contributed by atoms with Gasteiger partial charge in [0, 0.05) is 6.20 Å². The number of hydrogen-bond donors (Lipinski definition) is 0. The van der Waals surface area contributed by atoms with Gasteiger partial charge in [-0.1, -0.05) is 6.08 Å². The van der Waals surface area contributed by atoms with Gasteiger partial charge in [0.2, 0.25) is 0 Å². The van der Waals surface area contributed by atoms with E-state index in [9.17, 15) is 4.79 Å². The van der Waals surface area contributed by atoms with Gasteiger partial charge in [-0.05, 0) is 23.1 Å². The van der Waals surface area contributed by atoms with E-state index in [4.69, 9.17) is 11.6 Å². The van der Waals surface area contributed by atoms with E-state index in [-0.39, 0.29) is 0 Å². The maximum atomic E-state index is 10.6. The third kappa shape index (κ3) is 2.08. The average molecular weight is 176 g/mol. The van der Waals surface area contributed by atoms with Crippen LogP contribution in [0.4, 0.5) is 4.79 Å². The Labute approximate surface area is 68.5 Å². The van der Waals surface area contributed by atoms with Crippen LogP contribution in [0.25, 0.3) is 0 Å². The highest BCUT2D eigenvalue weighted by Crippen LogP contribution is 2.11. The fourth-order valence-corrected chi connectivity index (χ4v) is 1.37. The van der Waals surface area contributed by atoms with Crippen molar-refractivity contribution in [3.8, 4) is 0 Å². The predicted octanol–water partition coefficient (Wildman–Crippen LogP) is 2.38. The second-order valence-electron chi connectivity index (χ2n) is 1.69. The summed E-state index contributed by atoms with van der Waals surface area (Å²) in [6, 6.07) is 0. The minimum atomic E-state index is -0.438. The van der Waals surface area contributed by atoms with Gasteiger partial charge in [0.15, 0.2) is 0 Å². The molecule has 0 aromatic rings. The molecular formula is C6H6ClNOS. The van der Waals surface area contributed by atoms with Gasteiger partial charge >= 0.3 is 5.37 Å². The van der Waals surface area contributed by atoms with E-state index in [1.807, 2.05) is 11.5 Å². The number of carbonyl (C=O) groups excluding carboxylic acids is 1. The summed E-state index contributed by atoms with van der Waals surface area (Å²) in [6.07, 6.45) is 5.30. The molecule has 2 nitrogen and oxygen atoms in total. The standard InChI is InChI=1S/C6H6ClNOS/c7-6(9)8-3-1-2-4-10-5-8/h1-4H,5H2. The highest BCUT2D eigenvalue weighted by atomic mass is 35.5. The van der Waals surface area contributed by atoms with Gasteiger partial charge in [-0.15, -0.1) is 11.8 Å². The zero-order chi connectivity index (χ0) is 7.40. The van der Waals surface area contributed by atoms with Gasteiger partial charge in [0.1, 0.15) is 0 Å². The zero-order valence-corrected chi connectivity index (χ0v) is 6.73. The predicted molar refractivity (Wildman–Crippen MR) is 43.8 cm³/mol. The Balaban J connectivity index is 2.56. The van der Waals surface area contributed by atoms with Gasteiger partial charge in [-0.25, -0.2) is 0 Å². The summed E-state index contributed by atoms with van der Waals surface area (Å²) in [5, 5.41) is 1.48. The van der Waals surface area contributed by atoms with Crippen molar-refractivity contribution in [1.29, 1.82) is 0 Å². The van der Waals surface area contributed by atoms with E-state index in [1.165, 1.54) is 16.7 Å². The van der Waals surface area contributed by atoms with Crippen molar-refractivity contribution in [2.45, 2.75) is 0 Å². The molecule has 0 aromatic heterocycles. The molecule has 1 amide bonds. The molecular weight excluding hydrogens is 170 g/mol. The van der Waals surface area contributed by atoms with Gasteiger partial charge in [0.25, 0.3) is 0 Å². The highest BCUT2D eigenvalue weighted by Gasteiger charge is 2.05. The topological polar surface area (TPSA) is 20.3 Å². The summed E-state index contributed by atoms with van der Waals surface area (Å²) in [4.78, 5) is 12.0. The molecule has 1 rings (SSSR count). The van der Waals surface area contributed by atoms with Crippen LogP contribution in [0.3, 0.4) is 0 Å². The SMILES string of the molecule is O=C(Cl)N1C=CC=CSC1. The lowest BCUT2D eigenvalue weighted by atomic mass is 10.6. The normalized spacial score (nSPS) is 17.1. The highest BCUT2D eigenvalue weighted by molar-refractivity contribution is 8.02. The van der Waals surface area contributed by atoms with E-state index >= 15 is 0 Å². The first-order valence-electron chi connectivity index (χ1n) is 2.72. The van der Waals surface area contributed by atoms with Crippen LogP contribution in [0.1, 0.15) is 0 Å². The third-order valence-electron chi connectivity index (χ3n) is 0.991. The molecule has 54 valence electrons. The van der Waals surface area contributed by atoms with Gasteiger partial charge in [-0.3, -0.25) is 9.69 Å². The van der Waals surface area contributed by atoms with Crippen molar-refractivity contribution in [2.24, 2.45) is 0 Å². The Morgan fingerprint density at radius 3 is 3.10 bits per heavy atom. The molecule has 0 spiro atoms. The number of allylic oxidation sites excluding steroid dienone is 2. The van der Waals surface area contributed by atoms with E-state index in [2.05, 4.69) is 0 Å². The molecule has 0 saturated heterocycles. The summed E-state index contributed by atoms with van der Waals surface area (Å²) in [5.74, 6) is 0.593. The Morgan fingerprint density at radius 2 is 2.40 bits per heavy atom. The van der Waals surface area contributed by atoms with Crippen molar-refractivity contribution >= 4 is 28.7 Å². The minimum absolute atomic E-state index is 0.438. The van der Waals surface area contributed by atoms with E-state index in [0.717, 1.165) is 0 Å². The monoisotopic (exact) mass is 175 g/mol. The molecule has 0 unspecified atom stereocenters. The number of rotatable bonds is 0. The van der Waals surface area contributed by atoms with E-state index in [0.29, 0.717) is 5.88 Å². The third-order valence-corrected chi connectivity index (χ3v) is 1.99. The fourth-order valence-electron chi connectivity index (χ4n) is 0.530. The molecule has 1 heterocycles. The van der Waals surface area contributed by atoms with Gasteiger partial charge in [0.05, 0.1) is 5.88 Å². The molecule has 10 heavy (non-hydrogen) atoms. The first kappa shape index (κ1) is 7.69.